The quantitative estimate of drug-likeness (QED) is 0.458. The van der Waals surface area contributed by atoms with Crippen LogP contribution >= 0.6 is 0 Å². The number of amides is 2. The highest BCUT2D eigenvalue weighted by Gasteiger charge is 2.23. The van der Waals surface area contributed by atoms with Crippen LogP contribution in [0.2, 0.25) is 0 Å². The summed E-state index contributed by atoms with van der Waals surface area (Å²) >= 11 is 0. The summed E-state index contributed by atoms with van der Waals surface area (Å²) in [4.78, 5) is 22.4. The molecule has 0 unspecified atom stereocenters. The number of anilines is 3. The Morgan fingerprint density at radius 1 is 1.13 bits per heavy atom. The molecule has 0 saturated carbocycles. The average Bonchev–Trinajstić information content (AvgIpc) is 3.40. The van der Waals surface area contributed by atoms with Crippen molar-refractivity contribution in [1.29, 1.82) is 5.26 Å². The molecule has 0 radical (unpaired) electrons. The van der Waals surface area contributed by atoms with E-state index in [1.54, 1.807) is 30.5 Å². The van der Waals surface area contributed by atoms with Crippen molar-refractivity contribution in [3.8, 4) is 6.07 Å². The van der Waals surface area contributed by atoms with Crippen molar-refractivity contribution in [2.75, 3.05) is 22.1 Å². The molecule has 31 heavy (non-hydrogen) atoms. The van der Waals surface area contributed by atoms with E-state index in [1.165, 1.54) is 5.56 Å². The number of aromatic amines is 1. The van der Waals surface area contributed by atoms with Crippen molar-refractivity contribution in [1.82, 2.24) is 9.97 Å². The second-order valence-corrected chi connectivity index (χ2v) is 7.46. The third kappa shape index (κ3) is 3.67. The van der Waals surface area contributed by atoms with Gasteiger partial charge in [0.1, 0.15) is 5.65 Å². The Kier molecular flexibility index (Phi) is 4.73. The number of hydrogen-bond acceptors (Lipinski definition) is 4. The minimum absolute atomic E-state index is 0.306. The number of aromatic nitrogens is 2. The molecule has 4 aromatic rings. The van der Waals surface area contributed by atoms with E-state index in [0.717, 1.165) is 47.5 Å². The minimum atomic E-state index is -0.306. The highest BCUT2D eigenvalue weighted by atomic mass is 16.2. The van der Waals surface area contributed by atoms with Gasteiger partial charge in [-0.1, -0.05) is 6.07 Å². The highest BCUT2D eigenvalue weighted by Crippen LogP contribution is 2.35. The van der Waals surface area contributed by atoms with Crippen LogP contribution in [0, 0.1) is 11.3 Å². The molecule has 2 amide bonds. The van der Waals surface area contributed by atoms with Crippen molar-refractivity contribution in [3.05, 3.63) is 83.7 Å². The first-order valence-corrected chi connectivity index (χ1v) is 10.1. The number of fused-ring (bicyclic) bond motifs is 2. The predicted molar refractivity (Wildman–Crippen MR) is 121 cm³/mol. The molecular weight excluding hydrogens is 388 g/mol. The fourth-order valence-corrected chi connectivity index (χ4v) is 4.04. The SMILES string of the molecule is N#Cc1ccc(NC(=O)Nc2cccc3c2CCN3Cc2c[nH]c3ncccc23)cc1. The molecule has 152 valence electrons. The normalized spacial score (nSPS) is 12.4. The smallest absolute Gasteiger partial charge is 0.323 e. The van der Waals surface area contributed by atoms with E-state index in [9.17, 15) is 4.79 Å². The van der Waals surface area contributed by atoms with Crippen molar-refractivity contribution < 1.29 is 4.79 Å². The summed E-state index contributed by atoms with van der Waals surface area (Å²) in [6.45, 7) is 1.66. The van der Waals surface area contributed by atoms with Crippen molar-refractivity contribution >= 4 is 34.1 Å². The van der Waals surface area contributed by atoms with Crippen LogP contribution in [-0.4, -0.2) is 22.5 Å². The molecule has 3 N–H and O–H groups in total. The second kappa shape index (κ2) is 7.84. The molecule has 0 fully saturated rings. The number of H-pyrrole nitrogens is 1. The Morgan fingerprint density at radius 2 is 2.00 bits per heavy atom. The van der Waals surface area contributed by atoms with Gasteiger partial charge in [-0.15, -0.1) is 0 Å². The van der Waals surface area contributed by atoms with Crippen LogP contribution in [0.1, 0.15) is 16.7 Å². The van der Waals surface area contributed by atoms with Gasteiger partial charge in [0.15, 0.2) is 0 Å². The van der Waals surface area contributed by atoms with Crippen LogP contribution in [0.3, 0.4) is 0 Å². The summed E-state index contributed by atoms with van der Waals surface area (Å²) in [7, 11) is 0. The van der Waals surface area contributed by atoms with Gasteiger partial charge < -0.3 is 20.5 Å². The molecule has 2 aromatic heterocycles. The fraction of sp³-hybridized carbons (Fsp3) is 0.125. The number of rotatable bonds is 4. The van der Waals surface area contributed by atoms with Gasteiger partial charge in [-0.3, -0.25) is 0 Å². The third-order valence-corrected chi connectivity index (χ3v) is 5.54. The number of carbonyl (C=O) groups excluding carboxylic acids is 1. The molecule has 7 heteroatoms. The third-order valence-electron chi connectivity index (χ3n) is 5.54. The van der Waals surface area contributed by atoms with Gasteiger partial charge in [0.05, 0.1) is 11.6 Å². The molecule has 2 aromatic carbocycles. The van der Waals surface area contributed by atoms with Gasteiger partial charge in [-0.05, 0) is 60.5 Å². The zero-order valence-electron chi connectivity index (χ0n) is 16.7. The van der Waals surface area contributed by atoms with E-state index in [1.807, 2.05) is 24.4 Å². The van der Waals surface area contributed by atoms with Gasteiger partial charge in [0.25, 0.3) is 0 Å². The molecule has 0 bridgehead atoms. The fourth-order valence-electron chi connectivity index (χ4n) is 4.04. The Balaban J connectivity index is 1.32. The van der Waals surface area contributed by atoms with E-state index >= 15 is 0 Å². The number of benzene rings is 2. The molecule has 0 saturated heterocycles. The molecule has 3 heterocycles. The number of nitriles is 1. The van der Waals surface area contributed by atoms with Crippen LogP contribution in [0.25, 0.3) is 11.0 Å². The van der Waals surface area contributed by atoms with E-state index < -0.39 is 0 Å². The monoisotopic (exact) mass is 408 g/mol. The van der Waals surface area contributed by atoms with Gasteiger partial charge in [-0.2, -0.15) is 5.26 Å². The lowest BCUT2D eigenvalue weighted by molar-refractivity contribution is 0.262. The number of urea groups is 1. The molecule has 7 nitrogen and oxygen atoms in total. The molecule has 5 rings (SSSR count). The maximum absolute atomic E-state index is 12.5. The zero-order chi connectivity index (χ0) is 21.2. The van der Waals surface area contributed by atoms with E-state index in [2.05, 4.69) is 43.7 Å². The minimum Gasteiger partial charge on any atom is -0.367 e. The van der Waals surface area contributed by atoms with Crippen molar-refractivity contribution in [2.45, 2.75) is 13.0 Å². The highest BCUT2D eigenvalue weighted by molar-refractivity contribution is 6.01. The van der Waals surface area contributed by atoms with E-state index in [-0.39, 0.29) is 6.03 Å². The van der Waals surface area contributed by atoms with E-state index in [4.69, 9.17) is 5.26 Å². The Bertz CT molecular complexity index is 1300. The summed E-state index contributed by atoms with van der Waals surface area (Å²) in [5, 5.41) is 15.8. The average molecular weight is 408 g/mol. The number of carbonyl (C=O) groups is 1. The molecule has 0 atom stereocenters. The molecular formula is C24H20N6O. The van der Waals surface area contributed by atoms with Gasteiger partial charge in [0.2, 0.25) is 0 Å². The number of nitrogens with zero attached hydrogens (tertiary/aromatic N) is 3. The van der Waals surface area contributed by atoms with Crippen LogP contribution in [0.15, 0.2) is 67.0 Å². The summed E-state index contributed by atoms with van der Waals surface area (Å²) < 4.78 is 0. The first-order chi connectivity index (χ1) is 15.2. The Morgan fingerprint density at radius 3 is 2.84 bits per heavy atom. The summed E-state index contributed by atoms with van der Waals surface area (Å²) in [6, 6.07) is 18.6. The van der Waals surface area contributed by atoms with Gasteiger partial charge in [0, 0.05) is 53.5 Å². The Labute approximate surface area is 179 Å². The Hall–Kier alpha value is -4.31. The maximum atomic E-state index is 12.5. The largest absolute Gasteiger partial charge is 0.367 e. The predicted octanol–water partition coefficient (Wildman–Crippen LogP) is 4.64. The van der Waals surface area contributed by atoms with Crippen LogP contribution in [0.5, 0.6) is 0 Å². The first kappa shape index (κ1) is 18.7. The summed E-state index contributed by atoms with van der Waals surface area (Å²) in [5.74, 6) is 0. The molecule has 0 spiro atoms. The molecule has 1 aliphatic heterocycles. The van der Waals surface area contributed by atoms with Crippen LogP contribution in [0.4, 0.5) is 21.9 Å². The maximum Gasteiger partial charge on any atom is 0.323 e. The number of hydrogen-bond donors (Lipinski definition) is 3. The summed E-state index contributed by atoms with van der Waals surface area (Å²) in [5.41, 5.74) is 6.37. The van der Waals surface area contributed by atoms with Crippen LogP contribution in [-0.2, 0) is 13.0 Å². The van der Waals surface area contributed by atoms with Crippen molar-refractivity contribution in [3.63, 3.8) is 0 Å². The van der Waals surface area contributed by atoms with Gasteiger partial charge >= 0.3 is 6.03 Å². The molecule has 0 aliphatic carbocycles. The van der Waals surface area contributed by atoms with Gasteiger partial charge in [-0.25, -0.2) is 9.78 Å². The van der Waals surface area contributed by atoms with Crippen molar-refractivity contribution in [2.24, 2.45) is 0 Å². The van der Waals surface area contributed by atoms with E-state index in [0.29, 0.717) is 11.3 Å². The van der Waals surface area contributed by atoms with Crippen LogP contribution < -0.4 is 15.5 Å². The zero-order valence-corrected chi connectivity index (χ0v) is 16.7. The second-order valence-electron chi connectivity index (χ2n) is 7.46. The lowest BCUT2D eigenvalue weighted by Crippen LogP contribution is -2.20. The summed E-state index contributed by atoms with van der Waals surface area (Å²) in [6.07, 6.45) is 4.67. The topological polar surface area (TPSA) is 96.8 Å². The number of pyridine rings is 1. The lowest BCUT2D eigenvalue weighted by atomic mass is 10.1. The molecule has 1 aliphatic rings. The standard InChI is InChI=1S/C24H20N6O/c25-13-16-6-8-18(9-7-16)28-24(31)29-21-4-1-5-22-20(21)10-12-30(22)15-17-14-27-23-19(17)3-2-11-26-23/h1-9,11,14H,10,12,15H2,(H,26,27)(H2,28,29,31). The number of nitrogens with one attached hydrogen (secondary N) is 3. The lowest BCUT2D eigenvalue weighted by Gasteiger charge is -2.19. The first-order valence-electron chi connectivity index (χ1n) is 10.1.